The van der Waals surface area contributed by atoms with Gasteiger partial charge in [0, 0.05) is 0 Å². The Bertz CT molecular complexity index is 343. The number of carbonyl (C=O) groups excluding carboxylic acids is 1. The number of esters is 1. The molecule has 0 unspecified atom stereocenters. The number of methoxy groups -OCH3 is 1. The molecule has 0 saturated heterocycles. The van der Waals surface area contributed by atoms with E-state index in [1.807, 2.05) is 0 Å². The van der Waals surface area contributed by atoms with Crippen molar-refractivity contribution in [1.29, 1.82) is 0 Å². The van der Waals surface area contributed by atoms with Gasteiger partial charge in [0.05, 0.1) is 7.11 Å². The van der Waals surface area contributed by atoms with Crippen molar-refractivity contribution in [1.82, 2.24) is 0 Å². The van der Waals surface area contributed by atoms with Crippen molar-refractivity contribution in [2.24, 2.45) is 0 Å². The summed E-state index contributed by atoms with van der Waals surface area (Å²) < 4.78 is 4.52. The van der Waals surface area contributed by atoms with Gasteiger partial charge in [0.25, 0.3) is 0 Å². The van der Waals surface area contributed by atoms with Crippen LogP contribution in [0.2, 0.25) is 0 Å². The lowest BCUT2D eigenvalue weighted by atomic mass is 10.0. The zero-order valence-corrected chi connectivity index (χ0v) is 20.6. The van der Waals surface area contributed by atoms with Gasteiger partial charge in [0.1, 0.15) is 0 Å². The third kappa shape index (κ3) is 22.1. The summed E-state index contributed by atoms with van der Waals surface area (Å²) in [5.41, 5.74) is 0. The molecule has 180 valence electrons. The van der Waals surface area contributed by atoms with Gasteiger partial charge in [-0.15, -0.1) is 0 Å². The molecule has 0 amide bonds. The van der Waals surface area contributed by atoms with E-state index >= 15 is 0 Å². The predicted molar refractivity (Wildman–Crippen MR) is 130 cm³/mol. The minimum Gasteiger partial charge on any atom is -0.467 e. The molecule has 0 rings (SSSR count). The molecule has 0 heterocycles. The molecule has 0 aliphatic rings. The van der Waals surface area contributed by atoms with Crippen molar-refractivity contribution in [2.45, 2.75) is 161 Å². The highest BCUT2D eigenvalue weighted by Crippen LogP contribution is 2.15. The highest BCUT2D eigenvalue weighted by Gasteiger charge is 2.13. The SMILES string of the molecule is CCCCCCCCCCCCCCCCCCCCCCCC[C@@H](O)C(=O)OC. The first-order valence-electron chi connectivity index (χ1n) is 13.5. The summed E-state index contributed by atoms with van der Waals surface area (Å²) in [7, 11) is 1.32. The Balaban J connectivity index is 3.07. The first kappa shape index (κ1) is 29.4. The van der Waals surface area contributed by atoms with Gasteiger partial charge in [-0.2, -0.15) is 0 Å². The first-order valence-corrected chi connectivity index (χ1v) is 13.5. The van der Waals surface area contributed by atoms with Gasteiger partial charge < -0.3 is 9.84 Å². The molecule has 1 N–H and O–H groups in total. The summed E-state index contributed by atoms with van der Waals surface area (Å²) >= 11 is 0. The summed E-state index contributed by atoms with van der Waals surface area (Å²) in [6, 6.07) is 0. The summed E-state index contributed by atoms with van der Waals surface area (Å²) in [5.74, 6) is -0.501. The second kappa shape index (κ2) is 24.7. The lowest BCUT2D eigenvalue weighted by molar-refractivity contribution is -0.150. The third-order valence-corrected chi connectivity index (χ3v) is 6.30. The Morgan fingerprint density at radius 3 is 1.10 bits per heavy atom. The van der Waals surface area contributed by atoms with Gasteiger partial charge in [-0.1, -0.05) is 148 Å². The quantitative estimate of drug-likeness (QED) is 0.124. The van der Waals surface area contributed by atoms with Crippen LogP contribution < -0.4 is 0 Å². The van der Waals surface area contributed by atoms with E-state index in [1.54, 1.807) is 0 Å². The minimum atomic E-state index is -0.930. The van der Waals surface area contributed by atoms with E-state index in [2.05, 4.69) is 11.7 Å². The second-order valence-corrected chi connectivity index (χ2v) is 9.25. The summed E-state index contributed by atoms with van der Waals surface area (Å²) in [6.45, 7) is 2.29. The second-order valence-electron chi connectivity index (χ2n) is 9.25. The number of rotatable bonds is 24. The lowest BCUT2D eigenvalue weighted by Crippen LogP contribution is -2.21. The number of ether oxygens (including phenoxy) is 1. The van der Waals surface area contributed by atoms with Crippen LogP contribution >= 0.6 is 0 Å². The fourth-order valence-corrected chi connectivity index (χ4v) is 4.20. The Morgan fingerprint density at radius 2 is 0.833 bits per heavy atom. The van der Waals surface area contributed by atoms with E-state index in [1.165, 1.54) is 136 Å². The molecular formula is C27H54O3. The molecule has 3 heteroatoms. The highest BCUT2D eigenvalue weighted by atomic mass is 16.5. The smallest absolute Gasteiger partial charge is 0.334 e. The molecule has 0 aromatic rings. The van der Waals surface area contributed by atoms with Gasteiger partial charge in [-0.3, -0.25) is 0 Å². The summed E-state index contributed by atoms with van der Waals surface area (Å²) in [6.07, 6.45) is 29.8. The van der Waals surface area contributed by atoms with Gasteiger partial charge >= 0.3 is 5.97 Å². The predicted octanol–water partition coefficient (Wildman–Crippen LogP) is 8.51. The van der Waals surface area contributed by atoms with Crippen molar-refractivity contribution in [2.75, 3.05) is 7.11 Å². The summed E-state index contributed by atoms with van der Waals surface area (Å²) in [5, 5.41) is 9.51. The van der Waals surface area contributed by atoms with Crippen molar-refractivity contribution in [3.63, 3.8) is 0 Å². The van der Waals surface area contributed by atoms with Crippen molar-refractivity contribution < 1.29 is 14.6 Å². The van der Waals surface area contributed by atoms with E-state index in [9.17, 15) is 9.90 Å². The molecule has 0 aromatic heterocycles. The topological polar surface area (TPSA) is 46.5 Å². The number of aliphatic hydroxyl groups is 1. The molecule has 0 spiro atoms. The van der Waals surface area contributed by atoms with Crippen LogP contribution in [0.3, 0.4) is 0 Å². The van der Waals surface area contributed by atoms with Crippen LogP contribution in [0.5, 0.6) is 0 Å². The molecule has 0 saturated carbocycles. The van der Waals surface area contributed by atoms with E-state index < -0.39 is 12.1 Å². The molecule has 30 heavy (non-hydrogen) atoms. The third-order valence-electron chi connectivity index (χ3n) is 6.30. The van der Waals surface area contributed by atoms with Gasteiger partial charge in [0.2, 0.25) is 0 Å². The largest absolute Gasteiger partial charge is 0.467 e. The maximum absolute atomic E-state index is 11.1. The first-order chi connectivity index (χ1) is 14.7. The Morgan fingerprint density at radius 1 is 0.567 bits per heavy atom. The normalized spacial score (nSPS) is 12.2. The highest BCUT2D eigenvalue weighted by molar-refractivity contribution is 5.74. The molecule has 0 aliphatic heterocycles. The van der Waals surface area contributed by atoms with Crippen LogP contribution in [0.15, 0.2) is 0 Å². The number of hydrogen-bond acceptors (Lipinski definition) is 3. The Labute approximate surface area is 188 Å². The average molecular weight is 427 g/mol. The number of hydrogen-bond donors (Lipinski definition) is 1. The van der Waals surface area contributed by atoms with Crippen LogP contribution in [-0.2, 0) is 9.53 Å². The van der Waals surface area contributed by atoms with Crippen molar-refractivity contribution >= 4 is 5.97 Å². The fraction of sp³-hybridized carbons (Fsp3) is 0.963. The maximum atomic E-state index is 11.1. The van der Waals surface area contributed by atoms with E-state index in [-0.39, 0.29) is 0 Å². The Hall–Kier alpha value is -0.570. The molecular weight excluding hydrogens is 372 g/mol. The minimum absolute atomic E-state index is 0.501. The summed E-state index contributed by atoms with van der Waals surface area (Å²) in [4.78, 5) is 11.1. The van der Waals surface area contributed by atoms with Crippen LogP contribution in [0, 0.1) is 0 Å². The van der Waals surface area contributed by atoms with E-state index in [0.29, 0.717) is 6.42 Å². The number of carbonyl (C=O) groups is 1. The van der Waals surface area contributed by atoms with E-state index in [0.717, 1.165) is 12.8 Å². The monoisotopic (exact) mass is 426 g/mol. The number of aliphatic hydroxyl groups excluding tert-OH is 1. The van der Waals surface area contributed by atoms with Crippen molar-refractivity contribution in [3.05, 3.63) is 0 Å². The van der Waals surface area contributed by atoms with Gasteiger partial charge in [0.15, 0.2) is 6.10 Å². The van der Waals surface area contributed by atoms with Crippen LogP contribution in [0.25, 0.3) is 0 Å². The molecule has 0 radical (unpaired) electrons. The van der Waals surface area contributed by atoms with Crippen LogP contribution in [-0.4, -0.2) is 24.3 Å². The molecule has 1 atom stereocenters. The fourth-order valence-electron chi connectivity index (χ4n) is 4.20. The van der Waals surface area contributed by atoms with E-state index in [4.69, 9.17) is 0 Å². The molecule has 0 aliphatic carbocycles. The van der Waals surface area contributed by atoms with Crippen molar-refractivity contribution in [3.8, 4) is 0 Å². The van der Waals surface area contributed by atoms with Gasteiger partial charge in [-0.25, -0.2) is 4.79 Å². The number of unbranched alkanes of at least 4 members (excludes halogenated alkanes) is 21. The zero-order valence-electron chi connectivity index (χ0n) is 20.6. The lowest BCUT2D eigenvalue weighted by Gasteiger charge is -2.07. The van der Waals surface area contributed by atoms with Gasteiger partial charge in [-0.05, 0) is 6.42 Å². The zero-order chi connectivity index (χ0) is 22.1. The maximum Gasteiger partial charge on any atom is 0.334 e. The average Bonchev–Trinajstić information content (AvgIpc) is 2.76. The standard InChI is InChI=1S/C27H54O3/c1-3-4-5-6-7-8-9-10-11-12-13-14-15-16-17-18-19-20-21-22-23-24-25-26(28)27(29)30-2/h26,28H,3-25H2,1-2H3/t26-/m1/s1. The molecule has 3 nitrogen and oxygen atoms in total. The molecule has 0 aromatic carbocycles. The van der Waals surface area contributed by atoms with Crippen LogP contribution in [0.1, 0.15) is 155 Å². The molecule has 0 fully saturated rings. The Kier molecular flexibility index (Phi) is 24.2. The van der Waals surface area contributed by atoms with Crippen LogP contribution in [0.4, 0.5) is 0 Å². The molecule has 0 bridgehead atoms.